The lowest BCUT2D eigenvalue weighted by Gasteiger charge is -2.16. The summed E-state index contributed by atoms with van der Waals surface area (Å²) < 4.78 is 28.7. The van der Waals surface area contributed by atoms with Crippen LogP contribution in [0.5, 0.6) is 17.2 Å². The second-order valence-corrected chi connectivity index (χ2v) is 10.3. The normalized spacial score (nSPS) is 10.8. The zero-order valence-electron chi connectivity index (χ0n) is 25.4. The van der Waals surface area contributed by atoms with Crippen molar-refractivity contribution in [1.82, 2.24) is 0 Å². The maximum absolute atomic E-state index is 13.0. The molecule has 0 fully saturated rings. The average molecular weight is 576 g/mol. The predicted molar refractivity (Wildman–Crippen MR) is 167 cm³/mol. The van der Waals surface area contributed by atoms with E-state index < -0.39 is 0 Å². The van der Waals surface area contributed by atoms with Crippen molar-refractivity contribution in [3.8, 4) is 52.0 Å². The molecule has 0 N–H and O–H groups in total. The van der Waals surface area contributed by atoms with Crippen LogP contribution in [0.15, 0.2) is 54.7 Å². The lowest BCUT2D eigenvalue weighted by Crippen LogP contribution is -2.28. The number of terminal acetylenes is 1. The number of unbranched alkanes of at least 4 members (excludes halogenated alkanes) is 9. The van der Waals surface area contributed by atoms with Crippen molar-refractivity contribution < 1.29 is 28.4 Å². The minimum Gasteiger partial charge on any atom is -0.618 e. The van der Waals surface area contributed by atoms with Gasteiger partial charge in [0.15, 0.2) is 19.3 Å². The first-order valence-corrected chi connectivity index (χ1v) is 15.0. The highest BCUT2D eigenvalue weighted by Crippen LogP contribution is 2.39. The molecular formula is C35H45NO6. The molecule has 3 rings (SSSR count). The maximum Gasteiger partial charge on any atom is 0.224 e. The van der Waals surface area contributed by atoms with Crippen LogP contribution in [0.2, 0.25) is 0 Å². The topological polar surface area (TPSA) is 73.1 Å². The smallest absolute Gasteiger partial charge is 0.224 e. The lowest BCUT2D eigenvalue weighted by atomic mass is 9.99. The molecule has 7 heteroatoms. The summed E-state index contributed by atoms with van der Waals surface area (Å²) in [5.41, 5.74) is 3.40. The van der Waals surface area contributed by atoms with Crippen LogP contribution in [0.25, 0.3) is 22.4 Å². The largest absolute Gasteiger partial charge is 0.618 e. The first-order valence-electron chi connectivity index (χ1n) is 15.0. The first-order chi connectivity index (χ1) is 20.6. The Hall–Kier alpha value is -3.73. The van der Waals surface area contributed by atoms with E-state index in [2.05, 4.69) is 12.8 Å². The van der Waals surface area contributed by atoms with E-state index in [0.29, 0.717) is 40.7 Å². The standard InChI is InChI=1S/C35H45NO6/c1-5-7-8-9-10-11-12-13-14-15-22-40-30-18-21-33(36(37)25-30)29-17-20-32(35(24-29)42-27-39-4)31-19-16-28(6-2)23-34(31)41-26-38-3/h2,16-21,23-25H,5,7-15,22,26-27H2,1,3-4H3. The van der Waals surface area contributed by atoms with Gasteiger partial charge >= 0.3 is 0 Å². The first kappa shape index (κ1) is 32.8. The molecule has 42 heavy (non-hydrogen) atoms. The highest BCUT2D eigenvalue weighted by Gasteiger charge is 2.18. The Bertz CT molecular complexity index is 1270. The van der Waals surface area contributed by atoms with Crippen molar-refractivity contribution in [3.63, 3.8) is 0 Å². The Labute approximate surface area is 251 Å². The molecule has 226 valence electrons. The average Bonchev–Trinajstić information content (AvgIpc) is 3.01. The van der Waals surface area contributed by atoms with Gasteiger partial charge in [0, 0.05) is 37.0 Å². The van der Waals surface area contributed by atoms with Gasteiger partial charge in [0.05, 0.1) is 12.2 Å². The number of methoxy groups -OCH3 is 2. The highest BCUT2D eigenvalue weighted by atomic mass is 16.7. The summed E-state index contributed by atoms with van der Waals surface area (Å²) in [6.07, 6.45) is 19.8. The number of nitrogens with zero attached hydrogens (tertiary/aromatic N) is 1. The van der Waals surface area contributed by atoms with Gasteiger partial charge in [-0.2, -0.15) is 4.73 Å². The van der Waals surface area contributed by atoms with E-state index in [-0.39, 0.29) is 13.6 Å². The fourth-order valence-electron chi connectivity index (χ4n) is 4.77. The molecule has 7 nitrogen and oxygen atoms in total. The number of hydrogen-bond acceptors (Lipinski definition) is 6. The summed E-state index contributed by atoms with van der Waals surface area (Å²) in [5, 5.41) is 13.0. The predicted octanol–water partition coefficient (Wildman–Crippen LogP) is 7.90. The molecule has 1 aromatic heterocycles. The third kappa shape index (κ3) is 10.3. The third-order valence-electron chi connectivity index (χ3n) is 7.03. The van der Waals surface area contributed by atoms with Gasteiger partial charge in [-0.05, 0) is 48.9 Å². The van der Waals surface area contributed by atoms with E-state index in [0.717, 1.165) is 28.7 Å². The van der Waals surface area contributed by atoms with Crippen LogP contribution < -0.4 is 18.9 Å². The quantitative estimate of drug-likeness (QED) is 0.0448. The number of benzene rings is 2. The van der Waals surface area contributed by atoms with E-state index in [4.69, 9.17) is 30.1 Å². The Balaban J connectivity index is 1.65. The molecule has 0 unspecified atom stereocenters. The van der Waals surface area contributed by atoms with Crippen molar-refractivity contribution in [2.24, 2.45) is 0 Å². The summed E-state index contributed by atoms with van der Waals surface area (Å²) in [4.78, 5) is 0. The molecular weight excluding hydrogens is 530 g/mol. The Morgan fingerprint density at radius 1 is 0.714 bits per heavy atom. The number of aromatic nitrogens is 1. The second-order valence-electron chi connectivity index (χ2n) is 10.3. The van der Waals surface area contributed by atoms with Crippen molar-refractivity contribution in [2.45, 2.75) is 71.1 Å². The van der Waals surface area contributed by atoms with Gasteiger partial charge in [0.1, 0.15) is 11.5 Å². The maximum atomic E-state index is 13.0. The summed E-state index contributed by atoms with van der Waals surface area (Å²) in [6, 6.07) is 14.7. The van der Waals surface area contributed by atoms with Gasteiger partial charge in [-0.1, -0.05) is 70.6 Å². The van der Waals surface area contributed by atoms with Gasteiger partial charge in [0.25, 0.3) is 0 Å². The minimum absolute atomic E-state index is 0.0380. The van der Waals surface area contributed by atoms with Crippen LogP contribution in [0.3, 0.4) is 0 Å². The van der Waals surface area contributed by atoms with E-state index >= 15 is 0 Å². The van der Waals surface area contributed by atoms with E-state index in [1.807, 2.05) is 36.4 Å². The molecule has 0 saturated carbocycles. The zero-order valence-corrected chi connectivity index (χ0v) is 25.4. The zero-order chi connectivity index (χ0) is 30.0. The molecule has 0 aliphatic carbocycles. The Morgan fingerprint density at radius 2 is 1.31 bits per heavy atom. The molecule has 0 radical (unpaired) electrons. The van der Waals surface area contributed by atoms with Gasteiger partial charge < -0.3 is 28.9 Å². The van der Waals surface area contributed by atoms with E-state index in [1.165, 1.54) is 57.6 Å². The van der Waals surface area contributed by atoms with Crippen molar-refractivity contribution in [3.05, 3.63) is 65.5 Å². The minimum atomic E-state index is 0.0380. The lowest BCUT2D eigenvalue weighted by molar-refractivity contribution is -0.594. The van der Waals surface area contributed by atoms with Gasteiger partial charge in [-0.25, -0.2) is 0 Å². The van der Waals surface area contributed by atoms with E-state index in [1.54, 1.807) is 26.4 Å². The fourth-order valence-corrected chi connectivity index (χ4v) is 4.77. The number of ether oxygens (including phenoxy) is 5. The molecule has 0 spiro atoms. The summed E-state index contributed by atoms with van der Waals surface area (Å²) in [7, 11) is 3.11. The third-order valence-corrected chi connectivity index (χ3v) is 7.03. The molecule has 0 saturated heterocycles. The highest BCUT2D eigenvalue weighted by molar-refractivity contribution is 5.79. The molecule has 0 bridgehead atoms. The van der Waals surface area contributed by atoms with Crippen LogP contribution in [-0.4, -0.2) is 34.4 Å². The molecule has 1 heterocycles. The van der Waals surface area contributed by atoms with Gasteiger partial charge in [-0.3, -0.25) is 0 Å². The fraction of sp³-hybridized carbons (Fsp3) is 0.457. The van der Waals surface area contributed by atoms with Crippen molar-refractivity contribution >= 4 is 0 Å². The molecule has 2 aromatic carbocycles. The summed E-state index contributed by atoms with van der Waals surface area (Å²) >= 11 is 0. The van der Waals surface area contributed by atoms with Crippen LogP contribution in [0.4, 0.5) is 0 Å². The van der Waals surface area contributed by atoms with Crippen LogP contribution in [-0.2, 0) is 9.47 Å². The van der Waals surface area contributed by atoms with Crippen LogP contribution >= 0.6 is 0 Å². The molecule has 0 atom stereocenters. The van der Waals surface area contributed by atoms with Crippen molar-refractivity contribution in [1.29, 1.82) is 0 Å². The number of pyridine rings is 1. The summed E-state index contributed by atoms with van der Waals surface area (Å²) in [5.74, 6) is 4.28. The molecule has 0 aliphatic rings. The van der Waals surface area contributed by atoms with E-state index in [9.17, 15) is 5.21 Å². The van der Waals surface area contributed by atoms with Crippen LogP contribution in [0.1, 0.15) is 76.7 Å². The molecule has 0 amide bonds. The SMILES string of the molecule is C#Cc1ccc(-c2ccc(-c3ccc(OCCCCCCCCCCCC)c[n+]3[O-])cc2OCOC)c(OCOC)c1. The Morgan fingerprint density at radius 3 is 1.90 bits per heavy atom. The second kappa shape index (κ2) is 18.7. The molecule has 3 aromatic rings. The van der Waals surface area contributed by atoms with Gasteiger partial charge in [-0.15, -0.1) is 6.42 Å². The van der Waals surface area contributed by atoms with Gasteiger partial charge in [0.2, 0.25) is 11.9 Å². The Kier molecular flexibility index (Phi) is 14.6. The van der Waals surface area contributed by atoms with Crippen LogP contribution in [0, 0.1) is 17.6 Å². The summed E-state index contributed by atoms with van der Waals surface area (Å²) in [6.45, 7) is 2.96. The molecule has 0 aliphatic heterocycles. The number of rotatable bonds is 20. The number of hydrogen-bond donors (Lipinski definition) is 0. The van der Waals surface area contributed by atoms with Crippen molar-refractivity contribution in [2.75, 3.05) is 34.4 Å². The monoisotopic (exact) mass is 575 g/mol.